The molecule has 2 atom stereocenters. The number of hydrogen-bond acceptors (Lipinski definition) is 6. The molecule has 48 heavy (non-hydrogen) atoms. The summed E-state index contributed by atoms with van der Waals surface area (Å²) in [7, 11) is 0. The summed E-state index contributed by atoms with van der Waals surface area (Å²) >= 11 is 0. The number of allylic oxidation sites excluding steroid dienone is 4. The topological polar surface area (TPSA) is 59.1 Å². The van der Waals surface area contributed by atoms with Crippen molar-refractivity contribution in [3.63, 3.8) is 0 Å². The molecule has 6 nitrogen and oxygen atoms in total. The lowest BCUT2D eigenvalue weighted by Crippen LogP contribution is -2.48. The minimum atomic E-state index is -0.0273. The van der Waals surface area contributed by atoms with Crippen LogP contribution in [0.3, 0.4) is 0 Å². The first-order chi connectivity index (χ1) is 22.6. The van der Waals surface area contributed by atoms with Crippen molar-refractivity contribution in [2.45, 2.75) is 157 Å². The third-order valence-corrected chi connectivity index (χ3v) is 12.6. The van der Waals surface area contributed by atoms with Crippen molar-refractivity contribution in [2.75, 3.05) is 39.3 Å². The number of hydrogen-bond donors (Lipinski definition) is 0. The minimum Gasteiger partial charge on any atom is -0.462 e. The summed E-state index contributed by atoms with van der Waals surface area (Å²) in [5.41, 5.74) is 1.07. The van der Waals surface area contributed by atoms with Crippen LogP contribution < -0.4 is 0 Å². The van der Waals surface area contributed by atoms with Crippen molar-refractivity contribution in [1.82, 2.24) is 9.80 Å². The van der Waals surface area contributed by atoms with E-state index in [4.69, 9.17) is 9.47 Å². The van der Waals surface area contributed by atoms with Crippen LogP contribution in [0.5, 0.6) is 0 Å². The van der Waals surface area contributed by atoms with Crippen molar-refractivity contribution in [2.24, 2.45) is 33.5 Å². The molecule has 4 rings (SSSR count). The average Bonchev–Trinajstić information content (AvgIpc) is 2.99. The van der Waals surface area contributed by atoms with Gasteiger partial charge in [0.15, 0.2) is 0 Å². The Kier molecular flexibility index (Phi) is 13.9. The molecular formula is C42H72N2O4. The summed E-state index contributed by atoms with van der Waals surface area (Å²) in [6, 6.07) is 0. The fourth-order valence-corrected chi connectivity index (χ4v) is 9.50. The fraction of sp³-hybridized carbons (Fsp3) is 0.857. The number of likely N-dealkylation sites (tertiary alicyclic amines) is 2. The number of esters is 2. The van der Waals surface area contributed by atoms with Crippen LogP contribution in [-0.4, -0.2) is 73.2 Å². The zero-order chi connectivity index (χ0) is 35.0. The molecule has 0 N–H and O–H groups in total. The minimum absolute atomic E-state index is 0.0273. The second-order valence-corrected chi connectivity index (χ2v) is 18.5. The van der Waals surface area contributed by atoms with Crippen molar-refractivity contribution < 1.29 is 19.1 Å². The van der Waals surface area contributed by atoms with E-state index in [1.54, 1.807) is 0 Å². The summed E-state index contributed by atoms with van der Waals surface area (Å²) in [5.74, 6) is 1.21. The monoisotopic (exact) mass is 669 g/mol. The largest absolute Gasteiger partial charge is 0.462 e. The van der Waals surface area contributed by atoms with Crippen molar-refractivity contribution >= 4 is 11.9 Å². The van der Waals surface area contributed by atoms with Gasteiger partial charge in [-0.2, -0.15) is 0 Å². The highest BCUT2D eigenvalue weighted by atomic mass is 16.5. The quantitative estimate of drug-likeness (QED) is 0.0985. The maximum atomic E-state index is 12.5. The van der Waals surface area contributed by atoms with Gasteiger partial charge in [0, 0.05) is 52.1 Å². The lowest BCUT2D eigenvalue weighted by Gasteiger charge is -2.49. The molecule has 0 amide bonds. The standard InChI is InChI=1S/C42H72N2O4/c1-39(2)23-15-24-40(3,4)35(39)31-43-27-19-33(20-28-43)47-37(45)17-13-11-9-10-12-14-18-38(46)48-34-21-29-44(30-22-34)32-36-41(5,6)25-16-26-42(36,7)8/h15-16,23,25,33-36H,9-14,17-22,24,26-32H2,1-8H3. The van der Waals surface area contributed by atoms with Gasteiger partial charge >= 0.3 is 11.9 Å². The fourth-order valence-electron chi connectivity index (χ4n) is 9.50. The molecule has 2 fully saturated rings. The highest BCUT2D eigenvalue weighted by Gasteiger charge is 2.43. The molecule has 4 aliphatic rings. The zero-order valence-corrected chi connectivity index (χ0v) is 32.3. The summed E-state index contributed by atoms with van der Waals surface area (Å²) in [6.45, 7) is 25.5. The Labute approximate surface area is 294 Å². The van der Waals surface area contributed by atoms with E-state index in [2.05, 4.69) is 89.5 Å². The Morgan fingerprint density at radius 2 is 0.896 bits per heavy atom. The van der Waals surface area contributed by atoms with Crippen LogP contribution in [-0.2, 0) is 19.1 Å². The Bertz CT molecular complexity index is 1000. The highest BCUT2D eigenvalue weighted by Crippen LogP contribution is 2.49. The van der Waals surface area contributed by atoms with Crippen LogP contribution in [0, 0.1) is 33.5 Å². The average molecular weight is 669 g/mol. The Morgan fingerprint density at radius 1 is 0.562 bits per heavy atom. The predicted molar refractivity (Wildman–Crippen MR) is 198 cm³/mol. The number of ether oxygens (including phenoxy) is 2. The Balaban J connectivity index is 0.981. The number of nitrogens with zero attached hydrogens (tertiary/aromatic N) is 2. The van der Waals surface area contributed by atoms with Crippen LogP contribution >= 0.6 is 0 Å². The SMILES string of the molecule is CC1(C)C=CCC(C)(C)C1CN1CCC(OC(=O)CCCCCCCCC(=O)OC2CCN(CC3C(C)(C)C=CCC3(C)C)CC2)CC1. The Morgan fingerprint density at radius 3 is 1.23 bits per heavy atom. The summed E-state index contributed by atoms with van der Waals surface area (Å²) < 4.78 is 11.7. The molecule has 2 unspecified atom stereocenters. The summed E-state index contributed by atoms with van der Waals surface area (Å²) in [4.78, 5) is 30.2. The first-order valence-electron chi connectivity index (χ1n) is 19.8. The van der Waals surface area contributed by atoms with Crippen LogP contribution in [0.4, 0.5) is 0 Å². The molecular weight excluding hydrogens is 596 g/mol. The molecule has 0 aromatic heterocycles. The molecule has 0 radical (unpaired) electrons. The molecule has 0 aromatic rings. The number of carbonyl (C=O) groups excluding carboxylic acids is 2. The van der Waals surface area contributed by atoms with Gasteiger partial charge in [0.2, 0.25) is 0 Å². The molecule has 2 aliphatic heterocycles. The number of rotatable bonds is 15. The van der Waals surface area contributed by atoms with Gasteiger partial charge < -0.3 is 19.3 Å². The smallest absolute Gasteiger partial charge is 0.306 e. The van der Waals surface area contributed by atoms with E-state index in [1.165, 1.54) is 0 Å². The zero-order valence-electron chi connectivity index (χ0n) is 32.3. The van der Waals surface area contributed by atoms with Crippen molar-refractivity contribution in [1.29, 1.82) is 0 Å². The van der Waals surface area contributed by atoms with E-state index in [-0.39, 0.29) is 35.0 Å². The maximum absolute atomic E-state index is 12.5. The molecule has 0 saturated carbocycles. The van der Waals surface area contributed by atoms with Gasteiger partial charge in [-0.25, -0.2) is 0 Å². The second-order valence-electron chi connectivity index (χ2n) is 18.5. The third kappa shape index (κ3) is 11.4. The van der Waals surface area contributed by atoms with E-state index in [9.17, 15) is 9.59 Å². The summed E-state index contributed by atoms with van der Waals surface area (Å²) in [5, 5.41) is 0. The highest BCUT2D eigenvalue weighted by molar-refractivity contribution is 5.69. The summed E-state index contributed by atoms with van der Waals surface area (Å²) in [6.07, 6.45) is 22.9. The third-order valence-electron chi connectivity index (χ3n) is 12.6. The number of carbonyl (C=O) groups is 2. The van der Waals surface area contributed by atoms with Crippen LogP contribution in [0.15, 0.2) is 24.3 Å². The van der Waals surface area contributed by atoms with E-state index in [0.717, 1.165) is 116 Å². The first kappa shape index (κ1) is 39.1. The molecule has 2 saturated heterocycles. The van der Waals surface area contributed by atoms with Gasteiger partial charge in [-0.15, -0.1) is 0 Å². The van der Waals surface area contributed by atoms with Gasteiger partial charge in [-0.1, -0.05) is 105 Å². The second kappa shape index (κ2) is 17.0. The molecule has 0 spiro atoms. The normalized spacial score (nSPS) is 27.5. The van der Waals surface area contributed by atoms with E-state index >= 15 is 0 Å². The molecule has 6 heteroatoms. The van der Waals surface area contributed by atoms with Gasteiger partial charge in [0.1, 0.15) is 12.2 Å². The molecule has 0 aromatic carbocycles. The van der Waals surface area contributed by atoms with Crippen LogP contribution in [0.2, 0.25) is 0 Å². The number of unbranched alkanes of at least 4 members (excludes halogenated alkanes) is 5. The molecule has 0 bridgehead atoms. The Hall–Kier alpha value is -1.66. The maximum Gasteiger partial charge on any atom is 0.306 e. The van der Waals surface area contributed by atoms with E-state index in [1.807, 2.05) is 0 Å². The first-order valence-corrected chi connectivity index (χ1v) is 19.8. The van der Waals surface area contributed by atoms with Gasteiger partial charge in [-0.3, -0.25) is 9.59 Å². The predicted octanol–water partition coefficient (Wildman–Crippen LogP) is 9.38. The van der Waals surface area contributed by atoms with Gasteiger partial charge in [0.05, 0.1) is 0 Å². The lowest BCUT2D eigenvalue weighted by atomic mass is 9.60. The molecule has 2 heterocycles. The molecule has 2 aliphatic carbocycles. The number of piperidine rings is 2. The van der Waals surface area contributed by atoms with E-state index in [0.29, 0.717) is 35.5 Å². The van der Waals surface area contributed by atoms with Crippen molar-refractivity contribution in [3.05, 3.63) is 24.3 Å². The van der Waals surface area contributed by atoms with Crippen LogP contribution in [0.1, 0.15) is 145 Å². The van der Waals surface area contributed by atoms with Gasteiger partial charge in [0.25, 0.3) is 0 Å². The van der Waals surface area contributed by atoms with Crippen LogP contribution in [0.25, 0.3) is 0 Å². The lowest BCUT2D eigenvalue weighted by molar-refractivity contribution is -0.152. The van der Waals surface area contributed by atoms with E-state index < -0.39 is 0 Å². The molecule has 274 valence electrons. The van der Waals surface area contributed by atoms with Crippen molar-refractivity contribution in [3.8, 4) is 0 Å². The van der Waals surface area contributed by atoms with Gasteiger partial charge in [-0.05, 0) is 84.9 Å².